The molecule has 3 nitrogen and oxygen atoms in total. The lowest BCUT2D eigenvalue weighted by Crippen LogP contribution is -2.37. The van der Waals surface area contributed by atoms with E-state index in [4.69, 9.17) is 15.2 Å². The molecule has 0 unspecified atom stereocenters. The Kier molecular flexibility index (Phi) is 5.00. The van der Waals surface area contributed by atoms with Crippen LogP contribution in [-0.4, -0.2) is 20.8 Å². The molecule has 0 atom stereocenters. The van der Waals surface area contributed by atoms with Gasteiger partial charge in [0, 0.05) is 30.2 Å². The smallest absolute Gasteiger partial charge is 0.170 e. The highest BCUT2D eigenvalue weighted by atomic mass is 19.1. The Morgan fingerprint density at radius 2 is 1.90 bits per heavy atom. The Hall–Kier alpha value is -1.13. The van der Waals surface area contributed by atoms with Crippen LogP contribution in [-0.2, 0) is 16.8 Å². The monoisotopic (exact) mass is 281 g/mol. The maximum atomic E-state index is 14.5. The van der Waals surface area contributed by atoms with E-state index >= 15 is 0 Å². The van der Waals surface area contributed by atoms with E-state index < -0.39 is 0 Å². The molecule has 1 aliphatic carbocycles. The molecule has 4 heteroatoms. The van der Waals surface area contributed by atoms with E-state index in [0.29, 0.717) is 17.9 Å². The summed E-state index contributed by atoms with van der Waals surface area (Å²) < 4.78 is 24.9. The van der Waals surface area contributed by atoms with Gasteiger partial charge in [-0.1, -0.05) is 31.4 Å². The standard InChI is InChI=1S/C16H24FNO2/c1-19-10-12-6-7-13(15(20-2)14(12)17)16(11-18)8-4-3-5-9-16/h6-7H,3-5,8-11,18H2,1-2H3. The average molecular weight is 281 g/mol. The van der Waals surface area contributed by atoms with Crippen molar-refractivity contribution < 1.29 is 13.9 Å². The maximum absolute atomic E-state index is 14.5. The fourth-order valence-electron chi connectivity index (χ4n) is 3.29. The first-order chi connectivity index (χ1) is 9.68. The highest BCUT2D eigenvalue weighted by molar-refractivity contribution is 5.44. The van der Waals surface area contributed by atoms with E-state index in [0.717, 1.165) is 31.2 Å². The van der Waals surface area contributed by atoms with E-state index in [1.54, 1.807) is 13.2 Å². The van der Waals surface area contributed by atoms with Gasteiger partial charge in [0.1, 0.15) is 0 Å². The van der Waals surface area contributed by atoms with Gasteiger partial charge in [0.05, 0.1) is 13.7 Å². The summed E-state index contributed by atoms with van der Waals surface area (Å²) in [5.74, 6) is 0.0251. The third kappa shape index (κ3) is 2.67. The third-order valence-electron chi connectivity index (χ3n) is 4.45. The van der Waals surface area contributed by atoms with Gasteiger partial charge in [0.25, 0.3) is 0 Å². The van der Waals surface area contributed by atoms with Crippen molar-refractivity contribution in [2.45, 2.75) is 44.1 Å². The Labute approximate surface area is 120 Å². The molecule has 0 spiro atoms. The molecule has 1 aromatic carbocycles. The van der Waals surface area contributed by atoms with Gasteiger partial charge < -0.3 is 15.2 Å². The number of nitrogens with two attached hydrogens (primary N) is 1. The Morgan fingerprint density at radius 1 is 1.20 bits per heavy atom. The Balaban J connectivity index is 2.47. The van der Waals surface area contributed by atoms with Crippen LogP contribution in [0.3, 0.4) is 0 Å². The van der Waals surface area contributed by atoms with Crippen molar-refractivity contribution >= 4 is 0 Å². The fraction of sp³-hybridized carbons (Fsp3) is 0.625. The highest BCUT2D eigenvalue weighted by Gasteiger charge is 2.36. The molecule has 1 saturated carbocycles. The molecule has 20 heavy (non-hydrogen) atoms. The Morgan fingerprint density at radius 3 is 2.45 bits per heavy atom. The average Bonchev–Trinajstić information content (AvgIpc) is 2.50. The number of hydrogen-bond acceptors (Lipinski definition) is 3. The van der Waals surface area contributed by atoms with Crippen molar-refractivity contribution in [3.8, 4) is 5.75 Å². The summed E-state index contributed by atoms with van der Waals surface area (Å²) in [4.78, 5) is 0. The van der Waals surface area contributed by atoms with Crippen molar-refractivity contribution in [3.05, 3.63) is 29.1 Å². The summed E-state index contributed by atoms with van der Waals surface area (Å²) in [7, 11) is 3.08. The van der Waals surface area contributed by atoms with Crippen LogP contribution in [0.15, 0.2) is 12.1 Å². The SMILES string of the molecule is COCc1ccc(C2(CN)CCCCC2)c(OC)c1F. The van der Waals surface area contributed by atoms with Crippen LogP contribution in [0.1, 0.15) is 43.2 Å². The summed E-state index contributed by atoms with van der Waals surface area (Å²) in [6.45, 7) is 0.782. The highest BCUT2D eigenvalue weighted by Crippen LogP contribution is 2.44. The minimum absolute atomic E-state index is 0.143. The molecule has 1 aliphatic rings. The predicted molar refractivity (Wildman–Crippen MR) is 77.5 cm³/mol. The van der Waals surface area contributed by atoms with Crippen LogP contribution in [0.2, 0.25) is 0 Å². The second-order valence-electron chi connectivity index (χ2n) is 5.60. The number of rotatable bonds is 5. The number of hydrogen-bond donors (Lipinski definition) is 1. The molecular weight excluding hydrogens is 257 g/mol. The first-order valence-electron chi connectivity index (χ1n) is 7.23. The van der Waals surface area contributed by atoms with Crippen LogP contribution in [0, 0.1) is 5.82 Å². The molecule has 0 aliphatic heterocycles. The normalized spacial score (nSPS) is 18.0. The largest absolute Gasteiger partial charge is 0.493 e. The number of methoxy groups -OCH3 is 2. The van der Waals surface area contributed by atoms with Gasteiger partial charge in [0.15, 0.2) is 11.6 Å². The third-order valence-corrected chi connectivity index (χ3v) is 4.45. The molecule has 1 aromatic rings. The van der Waals surface area contributed by atoms with Crippen LogP contribution >= 0.6 is 0 Å². The summed E-state index contributed by atoms with van der Waals surface area (Å²) in [5.41, 5.74) is 7.34. The molecule has 2 rings (SSSR count). The van der Waals surface area contributed by atoms with Crippen molar-refractivity contribution in [1.29, 1.82) is 0 Å². The summed E-state index contributed by atoms with van der Waals surface area (Å²) in [5, 5.41) is 0. The van der Waals surface area contributed by atoms with Gasteiger partial charge in [-0.05, 0) is 12.8 Å². The molecule has 0 aromatic heterocycles. The van der Waals surface area contributed by atoms with Crippen LogP contribution in [0.25, 0.3) is 0 Å². The number of ether oxygens (including phenoxy) is 2. The van der Waals surface area contributed by atoms with E-state index in [9.17, 15) is 4.39 Å². The minimum atomic E-state index is -0.315. The topological polar surface area (TPSA) is 44.5 Å². The molecule has 0 saturated heterocycles. The summed E-state index contributed by atoms with van der Waals surface area (Å²) in [6.07, 6.45) is 5.52. The minimum Gasteiger partial charge on any atom is -0.493 e. The van der Waals surface area contributed by atoms with Gasteiger partial charge in [-0.2, -0.15) is 0 Å². The lowest BCUT2D eigenvalue weighted by atomic mass is 9.69. The van der Waals surface area contributed by atoms with Crippen molar-refractivity contribution in [1.82, 2.24) is 0 Å². The van der Waals surface area contributed by atoms with Gasteiger partial charge in [-0.3, -0.25) is 0 Å². The zero-order chi connectivity index (χ0) is 14.6. The molecule has 0 amide bonds. The van der Waals surface area contributed by atoms with E-state index in [1.165, 1.54) is 13.5 Å². The zero-order valence-electron chi connectivity index (χ0n) is 12.4. The zero-order valence-corrected chi connectivity index (χ0v) is 12.4. The van der Waals surface area contributed by atoms with Crippen molar-refractivity contribution in [2.75, 3.05) is 20.8 Å². The van der Waals surface area contributed by atoms with E-state index in [2.05, 4.69) is 0 Å². The molecule has 0 heterocycles. The summed E-state index contributed by atoms with van der Waals surface area (Å²) >= 11 is 0. The fourth-order valence-corrected chi connectivity index (χ4v) is 3.29. The second kappa shape index (κ2) is 6.55. The van der Waals surface area contributed by atoms with Gasteiger partial charge in [-0.25, -0.2) is 4.39 Å². The molecule has 0 bridgehead atoms. The number of benzene rings is 1. The second-order valence-corrected chi connectivity index (χ2v) is 5.60. The van der Waals surface area contributed by atoms with Crippen LogP contribution in [0.4, 0.5) is 4.39 Å². The lowest BCUT2D eigenvalue weighted by molar-refractivity contribution is 0.180. The van der Waals surface area contributed by atoms with Crippen LogP contribution < -0.4 is 10.5 Å². The first-order valence-corrected chi connectivity index (χ1v) is 7.23. The first kappa shape index (κ1) is 15.3. The molecule has 2 N–H and O–H groups in total. The summed E-state index contributed by atoms with van der Waals surface area (Å²) in [6, 6.07) is 3.76. The lowest BCUT2D eigenvalue weighted by Gasteiger charge is -2.37. The van der Waals surface area contributed by atoms with Crippen LogP contribution in [0.5, 0.6) is 5.75 Å². The quantitative estimate of drug-likeness (QED) is 0.901. The van der Waals surface area contributed by atoms with E-state index in [1.807, 2.05) is 6.07 Å². The molecule has 0 radical (unpaired) electrons. The van der Waals surface area contributed by atoms with Gasteiger partial charge >= 0.3 is 0 Å². The van der Waals surface area contributed by atoms with Gasteiger partial charge in [0.2, 0.25) is 0 Å². The van der Waals surface area contributed by atoms with Crippen molar-refractivity contribution in [2.24, 2.45) is 5.73 Å². The molecular formula is C16H24FNO2. The maximum Gasteiger partial charge on any atom is 0.170 e. The van der Waals surface area contributed by atoms with Crippen molar-refractivity contribution in [3.63, 3.8) is 0 Å². The number of halogens is 1. The van der Waals surface area contributed by atoms with E-state index in [-0.39, 0.29) is 17.8 Å². The predicted octanol–water partition coefficient (Wildman–Crippen LogP) is 3.14. The van der Waals surface area contributed by atoms with Gasteiger partial charge in [-0.15, -0.1) is 0 Å². The Bertz CT molecular complexity index is 456. The molecule has 112 valence electrons. The molecule has 1 fully saturated rings.